The molecule has 0 aliphatic heterocycles. The second kappa shape index (κ2) is 9.90. The fourth-order valence-corrected chi connectivity index (χ4v) is 5.25. The van der Waals surface area contributed by atoms with Gasteiger partial charge in [-0.05, 0) is 66.1 Å². The Labute approximate surface area is 216 Å². The molecule has 182 valence electrons. The molecule has 5 aromatic rings. The standard InChI is InChI=1S/C33H28N2O2/c36-33(37)28-16-14-23(15-17-28)22-35-30-13-7-12-29(31(30)34-32(35)27-10-5-2-6-11-27)26-20-18-25(19-21-26)24-8-3-1-4-9-24/h2,5-8,10-21H,1,3-4,9,22H2,(H,36,37). The van der Waals surface area contributed by atoms with E-state index in [1.807, 2.05) is 30.3 Å². The average Bonchev–Trinajstić information content (AvgIpc) is 3.33. The van der Waals surface area contributed by atoms with Crippen molar-refractivity contribution < 1.29 is 9.90 Å². The van der Waals surface area contributed by atoms with Crippen molar-refractivity contribution in [2.45, 2.75) is 32.2 Å². The number of carboxylic acids is 1. The van der Waals surface area contributed by atoms with Crippen LogP contribution in [0.3, 0.4) is 0 Å². The Morgan fingerprint density at radius 3 is 2.24 bits per heavy atom. The lowest BCUT2D eigenvalue weighted by Crippen LogP contribution is -2.03. The number of allylic oxidation sites excluding steroid dienone is 2. The fourth-order valence-electron chi connectivity index (χ4n) is 5.25. The minimum Gasteiger partial charge on any atom is -0.478 e. The highest BCUT2D eigenvalue weighted by molar-refractivity contribution is 5.94. The molecule has 0 bridgehead atoms. The van der Waals surface area contributed by atoms with Gasteiger partial charge in [-0.2, -0.15) is 0 Å². The lowest BCUT2D eigenvalue weighted by Gasteiger charge is -2.13. The van der Waals surface area contributed by atoms with Crippen LogP contribution in [0.1, 0.15) is 47.2 Å². The van der Waals surface area contributed by atoms with Crippen LogP contribution in [0.15, 0.2) is 103 Å². The van der Waals surface area contributed by atoms with Crippen LogP contribution in [0.2, 0.25) is 0 Å². The minimum atomic E-state index is -0.917. The summed E-state index contributed by atoms with van der Waals surface area (Å²) in [5.41, 5.74) is 9.42. The van der Waals surface area contributed by atoms with Gasteiger partial charge in [0.25, 0.3) is 0 Å². The van der Waals surface area contributed by atoms with Crippen molar-refractivity contribution in [3.8, 4) is 22.5 Å². The van der Waals surface area contributed by atoms with Crippen LogP contribution in [0.4, 0.5) is 0 Å². The molecule has 0 unspecified atom stereocenters. The Bertz CT molecular complexity index is 1590. The maximum absolute atomic E-state index is 11.3. The maximum atomic E-state index is 11.3. The molecule has 0 fully saturated rings. The molecule has 1 aromatic heterocycles. The highest BCUT2D eigenvalue weighted by Crippen LogP contribution is 2.34. The summed E-state index contributed by atoms with van der Waals surface area (Å²) in [7, 11) is 0. The van der Waals surface area contributed by atoms with Crippen LogP contribution < -0.4 is 0 Å². The van der Waals surface area contributed by atoms with Crippen LogP contribution in [-0.4, -0.2) is 20.6 Å². The Morgan fingerprint density at radius 1 is 0.784 bits per heavy atom. The molecule has 0 atom stereocenters. The fraction of sp³-hybridized carbons (Fsp3) is 0.152. The third-order valence-electron chi connectivity index (χ3n) is 7.21. The van der Waals surface area contributed by atoms with E-state index < -0.39 is 5.97 Å². The number of nitrogens with zero attached hydrogens (tertiary/aromatic N) is 2. The van der Waals surface area contributed by atoms with Gasteiger partial charge in [-0.3, -0.25) is 0 Å². The number of aromatic nitrogens is 2. The molecule has 0 amide bonds. The molecule has 1 aliphatic rings. The van der Waals surface area contributed by atoms with E-state index >= 15 is 0 Å². The number of carbonyl (C=O) groups is 1. The van der Waals surface area contributed by atoms with Crippen LogP contribution in [0.25, 0.3) is 39.1 Å². The number of hydrogen-bond donors (Lipinski definition) is 1. The first-order valence-electron chi connectivity index (χ1n) is 12.8. The summed E-state index contributed by atoms with van der Waals surface area (Å²) in [4.78, 5) is 16.5. The van der Waals surface area contributed by atoms with Crippen molar-refractivity contribution in [1.82, 2.24) is 9.55 Å². The summed E-state index contributed by atoms with van der Waals surface area (Å²) in [5.74, 6) is -0.0191. The molecule has 0 radical (unpaired) electrons. The number of carboxylic acid groups (broad SMARTS) is 1. The number of para-hydroxylation sites is 1. The molecule has 0 saturated heterocycles. The Kier molecular flexibility index (Phi) is 6.15. The summed E-state index contributed by atoms with van der Waals surface area (Å²) < 4.78 is 2.23. The van der Waals surface area contributed by atoms with E-state index in [2.05, 4.69) is 65.2 Å². The van der Waals surface area contributed by atoms with Crippen molar-refractivity contribution in [2.75, 3.05) is 0 Å². The van der Waals surface area contributed by atoms with E-state index in [-0.39, 0.29) is 5.56 Å². The van der Waals surface area contributed by atoms with E-state index in [4.69, 9.17) is 4.98 Å². The van der Waals surface area contributed by atoms with Crippen molar-refractivity contribution in [2.24, 2.45) is 0 Å². The predicted octanol–water partition coefficient (Wildman–Crippen LogP) is 8.07. The van der Waals surface area contributed by atoms with E-state index in [1.165, 1.54) is 30.4 Å². The molecule has 4 heteroatoms. The van der Waals surface area contributed by atoms with Crippen LogP contribution in [-0.2, 0) is 6.54 Å². The highest BCUT2D eigenvalue weighted by Gasteiger charge is 2.17. The summed E-state index contributed by atoms with van der Waals surface area (Å²) in [6.07, 6.45) is 7.28. The normalized spacial score (nSPS) is 13.5. The molecule has 0 saturated carbocycles. The summed E-state index contributed by atoms with van der Waals surface area (Å²) in [5, 5.41) is 9.28. The number of rotatable bonds is 6. The van der Waals surface area contributed by atoms with Crippen molar-refractivity contribution in [3.63, 3.8) is 0 Å². The van der Waals surface area contributed by atoms with Crippen LogP contribution >= 0.6 is 0 Å². The van der Waals surface area contributed by atoms with Gasteiger partial charge in [-0.25, -0.2) is 9.78 Å². The van der Waals surface area contributed by atoms with E-state index in [0.29, 0.717) is 6.54 Å². The van der Waals surface area contributed by atoms with Crippen molar-refractivity contribution in [3.05, 3.63) is 120 Å². The molecule has 4 aromatic carbocycles. The Hall–Kier alpha value is -4.44. The van der Waals surface area contributed by atoms with Gasteiger partial charge in [0.2, 0.25) is 0 Å². The maximum Gasteiger partial charge on any atom is 0.335 e. The largest absolute Gasteiger partial charge is 0.478 e. The van der Waals surface area contributed by atoms with Gasteiger partial charge in [-0.15, -0.1) is 0 Å². The Balaban J connectivity index is 1.44. The summed E-state index contributed by atoms with van der Waals surface area (Å²) >= 11 is 0. The van der Waals surface area contributed by atoms with Gasteiger partial charge < -0.3 is 9.67 Å². The summed E-state index contributed by atoms with van der Waals surface area (Å²) in [6.45, 7) is 0.594. The third-order valence-corrected chi connectivity index (χ3v) is 7.21. The number of aromatic carboxylic acids is 1. The second-order valence-corrected chi connectivity index (χ2v) is 9.62. The SMILES string of the molecule is O=C(O)c1ccc(Cn2c(-c3ccccc3)nc3c(-c4ccc(C5=CCCCC5)cc4)cccc32)cc1. The topological polar surface area (TPSA) is 55.1 Å². The zero-order chi connectivity index (χ0) is 25.2. The molecule has 1 aliphatic carbocycles. The third kappa shape index (κ3) is 4.58. The van der Waals surface area contributed by atoms with Gasteiger partial charge >= 0.3 is 5.97 Å². The quantitative estimate of drug-likeness (QED) is 0.265. The number of fused-ring (bicyclic) bond motifs is 1. The van der Waals surface area contributed by atoms with Gasteiger partial charge in [0.15, 0.2) is 0 Å². The van der Waals surface area contributed by atoms with Gasteiger partial charge in [0, 0.05) is 17.7 Å². The molecular formula is C33H28N2O2. The van der Waals surface area contributed by atoms with Crippen molar-refractivity contribution >= 4 is 22.6 Å². The van der Waals surface area contributed by atoms with E-state index in [0.717, 1.165) is 45.5 Å². The molecule has 0 spiro atoms. The Morgan fingerprint density at radius 2 is 1.54 bits per heavy atom. The number of imidazole rings is 1. The smallest absolute Gasteiger partial charge is 0.335 e. The first-order chi connectivity index (χ1) is 18.2. The van der Waals surface area contributed by atoms with Gasteiger partial charge in [0.05, 0.1) is 16.6 Å². The molecular weight excluding hydrogens is 456 g/mol. The zero-order valence-electron chi connectivity index (χ0n) is 20.6. The second-order valence-electron chi connectivity index (χ2n) is 9.62. The molecule has 1 heterocycles. The summed E-state index contributed by atoms with van der Waals surface area (Å²) in [6, 6.07) is 32.6. The lowest BCUT2D eigenvalue weighted by molar-refractivity contribution is 0.0697. The van der Waals surface area contributed by atoms with Crippen molar-refractivity contribution in [1.29, 1.82) is 0 Å². The highest BCUT2D eigenvalue weighted by atomic mass is 16.4. The number of benzene rings is 4. The van der Waals surface area contributed by atoms with Gasteiger partial charge in [0.1, 0.15) is 5.82 Å². The van der Waals surface area contributed by atoms with Crippen LogP contribution in [0, 0.1) is 0 Å². The first kappa shape index (κ1) is 23.0. The molecule has 37 heavy (non-hydrogen) atoms. The van der Waals surface area contributed by atoms with E-state index in [9.17, 15) is 9.90 Å². The number of hydrogen-bond acceptors (Lipinski definition) is 2. The average molecular weight is 485 g/mol. The predicted molar refractivity (Wildman–Crippen MR) is 150 cm³/mol. The monoisotopic (exact) mass is 484 g/mol. The molecule has 4 nitrogen and oxygen atoms in total. The van der Waals surface area contributed by atoms with Crippen LogP contribution in [0.5, 0.6) is 0 Å². The minimum absolute atomic E-state index is 0.289. The molecule has 1 N–H and O–H groups in total. The van der Waals surface area contributed by atoms with Gasteiger partial charge in [-0.1, -0.05) is 84.9 Å². The van der Waals surface area contributed by atoms with E-state index in [1.54, 1.807) is 12.1 Å². The molecule has 6 rings (SSSR count). The first-order valence-corrected chi connectivity index (χ1v) is 12.8. The lowest BCUT2D eigenvalue weighted by atomic mass is 9.92. The zero-order valence-corrected chi connectivity index (χ0v) is 20.6.